The molecule has 0 atom stereocenters. The highest BCUT2D eigenvalue weighted by molar-refractivity contribution is 6.11. The molecule has 5 rings (SSSR count). The number of para-hydroxylation sites is 2. The third-order valence-electron chi connectivity index (χ3n) is 6.16. The first-order valence-electron chi connectivity index (χ1n) is 12.2. The highest BCUT2D eigenvalue weighted by Gasteiger charge is 2.19. The first-order valence-corrected chi connectivity index (χ1v) is 12.2. The van der Waals surface area contributed by atoms with Crippen molar-refractivity contribution >= 4 is 33.5 Å². The van der Waals surface area contributed by atoms with E-state index in [2.05, 4.69) is 0 Å². The van der Waals surface area contributed by atoms with E-state index in [0.29, 0.717) is 23.0 Å². The summed E-state index contributed by atoms with van der Waals surface area (Å²) in [4.78, 5) is 25.1. The average molecular weight is 507 g/mol. The van der Waals surface area contributed by atoms with Crippen LogP contribution in [0.2, 0.25) is 0 Å². The molecule has 0 saturated carbocycles. The Hall–Kier alpha value is -4.84. The Morgan fingerprint density at radius 1 is 0.526 bits per heavy atom. The van der Waals surface area contributed by atoms with Crippen molar-refractivity contribution in [3.63, 3.8) is 0 Å². The molecule has 6 nitrogen and oxygen atoms in total. The fourth-order valence-corrected chi connectivity index (χ4v) is 4.23. The van der Waals surface area contributed by atoms with Gasteiger partial charge in [-0.25, -0.2) is 9.59 Å². The van der Waals surface area contributed by atoms with E-state index in [1.807, 2.05) is 62.4 Å². The van der Waals surface area contributed by atoms with Crippen molar-refractivity contribution in [1.29, 1.82) is 0 Å². The Kier molecular flexibility index (Phi) is 7.22. The standard InChI is InChI=1S/C32H26O6/c1-21-17-27-28(18-22(21)2)32(36-20-30(34)38-24-13-7-4-8-14-24)26-16-10-9-15-25(26)31(27)35-19-29(33)37-23-11-5-3-6-12-23/h3-18H,19-20H2,1-2H3. The number of carbonyl (C=O) groups is 2. The summed E-state index contributed by atoms with van der Waals surface area (Å²) in [6.07, 6.45) is 0. The predicted molar refractivity (Wildman–Crippen MR) is 146 cm³/mol. The highest BCUT2D eigenvalue weighted by Crippen LogP contribution is 2.43. The van der Waals surface area contributed by atoms with Crippen molar-refractivity contribution in [1.82, 2.24) is 0 Å². The Balaban J connectivity index is 1.48. The van der Waals surface area contributed by atoms with Gasteiger partial charge in [0, 0.05) is 21.5 Å². The summed E-state index contributed by atoms with van der Waals surface area (Å²) in [6.45, 7) is 3.47. The number of esters is 2. The molecule has 0 aliphatic heterocycles. The number of aryl methyl sites for hydroxylation is 2. The monoisotopic (exact) mass is 506 g/mol. The maximum atomic E-state index is 12.6. The van der Waals surface area contributed by atoms with E-state index in [4.69, 9.17) is 18.9 Å². The van der Waals surface area contributed by atoms with Crippen LogP contribution in [0.3, 0.4) is 0 Å². The van der Waals surface area contributed by atoms with Crippen LogP contribution in [-0.2, 0) is 9.59 Å². The summed E-state index contributed by atoms with van der Waals surface area (Å²) in [7, 11) is 0. The van der Waals surface area contributed by atoms with Crippen molar-refractivity contribution in [3.05, 3.63) is 108 Å². The van der Waals surface area contributed by atoms with E-state index in [-0.39, 0.29) is 13.2 Å². The van der Waals surface area contributed by atoms with Gasteiger partial charge in [-0.05, 0) is 61.4 Å². The van der Waals surface area contributed by atoms with Crippen LogP contribution in [0.25, 0.3) is 21.5 Å². The summed E-state index contributed by atoms with van der Waals surface area (Å²) in [5.41, 5.74) is 2.11. The van der Waals surface area contributed by atoms with Crippen LogP contribution in [0.4, 0.5) is 0 Å². The van der Waals surface area contributed by atoms with Crippen molar-refractivity contribution in [3.8, 4) is 23.0 Å². The van der Waals surface area contributed by atoms with Crippen molar-refractivity contribution in [2.45, 2.75) is 13.8 Å². The minimum atomic E-state index is -0.513. The van der Waals surface area contributed by atoms with Gasteiger partial charge in [-0.3, -0.25) is 0 Å². The number of fused-ring (bicyclic) bond motifs is 2. The number of hydrogen-bond donors (Lipinski definition) is 0. The first-order chi connectivity index (χ1) is 18.5. The molecule has 0 saturated heterocycles. The number of ether oxygens (including phenoxy) is 4. The van der Waals surface area contributed by atoms with Crippen molar-refractivity contribution < 1.29 is 28.5 Å². The number of benzene rings is 5. The molecule has 6 heteroatoms. The van der Waals surface area contributed by atoms with Gasteiger partial charge in [0.15, 0.2) is 13.2 Å². The van der Waals surface area contributed by atoms with Gasteiger partial charge in [0.05, 0.1) is 0 Å². The van der Waals surface area contributed by atoms with Crippen molar-refractivity contribution in [2.75, 3.05) is 13.2 Å². The topological polar surface area (TPSA) is 71.1 Å². The van der Waals surface area contributed by atoms with Crippen molar-refractivity contribution in [2.24, 2.45) is 0 Å². The van der Waals surface area contributed by atoms with Crippen LogP contribution >= 0.6 is 0 Å². The number of carbonyl (C=O) groups excluding carboxylic acids is 2. The van der Waals surface area contributed by atoms with Crippen LogP contribution in [0.15, 0.2) is 97.1 Å². The lowest BCUT2D eigenvalue weighted by Crippen LogP contribution is -2.19. The fraction of sp³-hybridized carbons (Fsp3) is 0.125. The van der Waals surface area contributed by atoms with Gasteiger partial charge < -0.3 is 18.9 Å². The molecular formula is C32H26O6. The summed E-state index contributed by atoms with van der Waals surface area (Å²) in [6, 6.07) is 29.3. The molecule has 5 aromatic carbocycles. The second-order valence-electron chi connectivity index (χ2n) is 8.84. The Labute approximate surface area is 220 Å². The Bertz CT molecular complexity index is 1490. The number of rotatable bonds is 8. The minimum Gasteiger partial charge on any atom is -0.481 e. The van der Waals surface area contributed by atoms with E-state index in [9.17, 15) is 9.59 Å². The second-order valence-corrected chi connectivity index (χ2v) is 8.84. The molecule has 0 unspecified atom stereocenters. The van der Waals surface area contributed by atoms with E-state index < -0.39 is 11.9 Å². The van der Waals surface area contributed by atoms with Gasteiger partial charge in [0.1, 0.15) is 23.0 Å². The molecule has 0 amide bonds. The van der Waals surface area contributed by atoms with Crippen LogP contribution in [0, 0.1) is 13.8 Å². The Morgan fingerprint density at radius 2 is 0.895 bits per heavy atom. The number of hydrogen-bond acceptors (Lipinski definition) is 6. The summed E-state index contributed by atoms with van der Waals surface area (Å²) >= 11 is 0. The Morgan fingerprint density at radius 3 is 1.29 bits per heavy atom. The zero-order valence-electron chi connectivity index (χ0n) is 21.1. The smallest absolute Gasteiger partial charge is 0.349 e. The van der Waals surface area contributed by atoms with Crippen LogP contribution in [-0.4, -0.2) is 25.2 Å². The molecule has 0 aliphatic rings. The van der Waals surface area contributed by atoms with Gasteiger partial charge in [0.25, 0.3) is 0 Å². The lowest BCUT2D eigenvalue weighted by atomic mass is 9.96. The summed E-state index contributed by atoms with van der Waals surface area (Å²) in [5.74, 6) is 0.968. The maximum Gasteiger partial charge on any atom is 0.349 e. The summed E-state index contributed by atoms with van der Waals surface area (Å²) in [5, 5.41) is 3.04. The molecule has 5 aromatic rings. The molecule has 0 fully saturated rings. The maximum absolute atomic E-state index is 12.6. The molecule has 0 spiro atoms. The molecule has 0 radical (unpaired) electrons. The van der Waals surface area contributed by atoms with Gasteiger partial charge in [-0.2, -0.15) is 0 Å². The zero-order valence-corrected chi connectivity index (χ0v) is 21.1. The molecule has 0 aromatic heterocycles. The molecule has 0 bridgehead atoms. The molecule has 0 heterocycles. The SMILES string of the molecule is Cc1cc2c(OCC(=O)Oc3ccccc3)c3ccccc3c(OCC(=O)Oc3ccccc3)c2cc1C. The lowest BCUT2D eigenvalue weighted by Gasteiger charge is -2.18. The third-order valence-corrected chi connectivity index (χ3v) is 6.16. The van der Waals surface area contributed by atoms with Gasteiger partial charge in [0.2, 0.25) is 0 Å². The predicted octanol–water partition coefficient (Wildman–Crippen LogP) is 6.58. The van der Waals surface area contributed by atoms with Crippen LogP contribution < -0.4 is 18.9 Å². The molecule has 0 N–H and O–H groups in total. The second kappa shape index (κ2) is 11.0. The molecule has 38 heavy (non-hydrogen) atoms. The van der Waals surface area contributed by atoms with Gasteiger partial charge in [-0.15, -0.1) is 0 Å². The average Bonchev–Trinajstić information content (AvgIpc) is 2.92. The molecule has 190 valence electrons. The normalized spacial score (nSPS) is 10.8. The quantitative estimate of drug-likeness (QED) is 0.135. The van der Waals surface area contributed by atoms with E-state index in [0.717, 1.165) is 32.7 Å². The minimum absolute atomic E-state index is 0.273. The van der Waals surface area contributed by atoms with E-state index >= 15 is 0 Å². The summed E-state index contributed by atoms with van der Waals surface area (Å²) < 4.78 is 23.0. The van der Waals surface area contributed by atoms with E-state index in [1.165, 1.54) is 0 Å². The van der Waals surface area contributed by atoms with Gasteiger partial charge >= 0.3 is 11.9 Å². The van der Waals surface area contributed by atoms with E-state index in [1.54, 1.807) is 48.5 Å². The zero-order chi connectivity index (χ0) is 26.5. The third kappa shape index (κ3) is 5.44. The molecular weight excluding hydrogens is 480 g/mol. The molecule has 0 aliphatic carbocycles. The van der Waals surface area contributed by atoms with Gasteiger partial charge in [-0.1, -0.05) is 60.7 Å². The largest absolute Gasteiger partial charge is 0.481 e. The lowest BCUT2D eigenvalue weighted by molar-refractivity contribution is -0.137. The fourth-order valence-electron chi connectivity index (χ4n) is 4.23. The highest BCUT2D eigenvalue weighted by atomic mass is 16.6. The first kappa shape index (κ1) is 24.8. The van der Waals surface area contributed by atoms with Crippen LogP contribution in [0.1, 0.15) is 11.1 Å². The van der Waals surface area contributed by atoms with Crippen LogP contribution in [0.5, 0.6) is 23.0 Å².